The summed E-state index contributed by atoms with van der Waals surface area (Å²) in [6.07, 6.45) is 0.185. The zero-order chi connectivity index (χ0) is 12.0. The van der Waals surface area contributed by atoms with Gasteiger partial charge < -0.3 is 15.2 Å². The molecule has 0 spiro atoms. The van der Waals surface area contributed by atoms with E-state index in [2.05, 4.69) is 0 Å². The van der Waals surface area contributed by atoms with Crippen molar-refractivity contribution in [3.05, 3.63) is 24.3 Å². The highest BCUT2D eigenvalue weighted by molar-refractivity contribution is 5.74. The van der Waals surface area contributed by atoms with Crippen LogP contribution in [0.15, 0.2) is 24.3 Å². The Balaban J connectivity index is 2.50. The first-order valence-electron chi connectivity index (χ1n) is 5.32. The van der Waals surface area contributed by atoms with Gasteiger partial charge in [-0.2, -0.15) is 0 Å². The van der Waals surface area contributed by atoms with E-state index >= 15 is 0 Å². The summed E-state index contributed by atoms with van der Waals surface area (Å²) in [5.74, 6) is 0.213. The Morgan fingerprint density at radius 2 is 2.25 bits per heavy atom. The third-order valence-electron chi connectivity index (χ3n) is 1.95. The maximum Gasteiger partial charge on any atom is 0.347 e. The van der Waals surface area contributed by atoms with Gasteiger partial charge in [0.25, 0.3) is 0 Å². The van der Waals surface area contributed by atoms with E-state index in [-0.39, 0.29) is 5.97 Å². The van der Waals surface area contributed by atoms with Crippen molar-refractivity contribution >= 4 is 11.7 Å². The molecule has 4 nitrogen and oxygen atoms in total. The van der Waals surface area contributed by atoms with Crippen LogP contribution < -0.4 is 10.5 Å². The minimum absolute atomic E-state index is 0.357. The summed E-state index contributed by atoms with van der Waals surface area (Å²) in [5, 5.41) is 0. The number of anilines is 1. The van der Waals surface area contributed by atoms with Crippen molar-refractivity contribution in [2.24, 2.45) is 0 Å². The van der Waals surface area contributed by atoms with Crippen LogP contribution in [0.1, 0.15) is 20.3 Å². The van der Waals surface area contributed by atoms with Gasteiger partial charge in [0.05, 0.1) is 6.61 Å². The molecule has 0 bridgehead atoms. The molecule has 1 aromatic rings. The highest BCUT2D eigenvalue weighted by Crippen LogP contribution is 2.16. The lowest BCUT2D eigenvalue weighted by Gasteiger charge is -2.13. The van der Waals surface area contributed by atoms with Gasteiger partial charge in [0, 0.05) is 11.8 Å². The SMILES string of the molecule is CCCOC(=O)C(C)Oc1cccc(N)c1. The normalized spacial score (nSPS) is 11.9. The molecule has 1 rings (SSSR count). The fourth-order valence-corrected chi connectivity index (χ4v) is 1.16. The van der Waals surface area contributed by atoms with Gasteiger partial charge in [0.1, 0.15) is 5.75 Å². The third-order valence-corrected chi connectivity index (χ3v) is 1.95. The van der Waals surface area contributed by atoms with Gasteiger partial charge in [0.15, 0.2) is 6.10 Å². The molecule has 0 aromatic heterocycles. The van der Waals surface area contributed by atoms with Crippen molar-refractivity contribution < 1.29 is 14.3 Å². The topological polar surface area (TPSA) is 61.5 Å². The fraction of sp³-hybridized carbons (Fsp3) is 0.417. The van der Waals surface area contributed by atoms with Gasteiger partial charge in [-0.15, -0.1) is 0 Å². The van der Waals surface area contributed by atoms with Crippen molar-refractivity contribution in [1.82, 2.24) is 0 Å². The first kappa shape index (κ1) is 12.4. The van der Waals surface area contributed by atoms with Crippen LogP contribution in [0.2, 0.25) is 0 Å². The Morgan fingerprint density at radius 1 is 1.50 bits per heavy atom. The van der Waals surface area contributed by atoms with Crippen molar-refractivity contribution in [3.8, 4) is 5.75 Å². The number of nitrogen functional groups attached to an aromatic ring is 1. The molecule has 1 unspecified atom stereocenters. The summed E-state index contributed by atoms with van der Waals surface area (Å²) in [6, 6.07) is 6.95. The van der Waals surface area contributed by atoms with Crippen LogP contribution in [0, 0.1) is 0 Å². The molecule has 88 valence electrons. The molecule has 1 aromatic carbocycles. The summed E-state index contributed by atoms with van der Waals surface area (Å²) in [6.45, 7) is 4.02. The Morgan fingerprint density at radius 3 is 2.88 bits per heavy atom. The lowest BCUT2D eigenvalue weighted by Crippen LogP contribution is -2.26. The number of carbonyl (C=O) groups excluding carboxylic acids is 1. The molecule has 0 saturated heterocycles. The summed E-state index contributed by atoms with van der Waals surface area (Å²) in [4.78, 5) is 11.4. The first-order valence-corrected chi connectivity index (χ1v) is 5.32. The average molecular weight is 223 g/mol. The molecular weight excluding hydrogens is 206 g/mol. The van der Waals surface area contributed by atoms with Crippen molar-refractivity contribution in [3.63, 3.8) is 0 Å². The van der Waals surface area contributed by atoms with Gasteiger partial charge in [-0.05, 0) is 25.5 Å². The van der Waals surface area contributed by atoms with E-state index in [0.29, 0.717) is 18.0 Å². The number of hydrogen-bond acceptors (Lipinski definition) is 4. The van der Waals surface area contributed by atoms with Crippen LogP contribution in [0.3, 0.4) is 0 Å². The van der Waals surface area contributed by atoms with Gasteiger partial charge in [-0.1, -0.05) is 13.0 Å². The van der Waals surface area contributed by atoms with Crippen LogP contribution in [0.25, 0.3) is 0 Å². The van der Waals surface area contributed by atoms with Gasteiger partial charge >= 0.3 is 5.97 Å². The molecule has 0 aliphatic rings. The second kappa shape index (κ2) is 6.00. The lowest BCUT2D eigenvalue weighted by atomic mass is 10.3. The second-order valence-corrected chi connectivity index (χ2v) is 3.50. The molecule has 2 N–H and O–H groups in total. The average Bonchev–Trinajstić information content (AvgIpc) is 2.25. The largest absolute Gasteiger partial charge is 0.479 e. The predicted octanol–water partition coefficient (Wildman–Crippen LogP) is 1.99. The summed E-state index contributed by atoms with van der Waals surface area (Å²) < 4.78 is 10.4. The van der Waals surface area contributed by atoms with E-state index in [1.165, 1.54) is 0 Å². The highest BCUT2D eigenvalue weighted by atomic mass is 16.6. The summed E-state index contributed by atoms with van der Waals surface area (Å²) in [7, 11) is 0. The van der Waals surface area contributed by atoms with E-state index in [9.17, 15) is 4.79 Å². The van der Waals surface area contributed by atoms with Crippen molar-refractivity contribution in [2.45, 2.75) is 26.4 Å². The second-order valence-electron chi connectivity index (χ2n) is 3.50. The molecular formula is C12H17NO3. The van der Waals surface area contributed by atoms with E-state index in [4.69, 9.17) is 15.2 Å². The third kappa shape index (κ3) is 3.81. The minimum atomic E-state index is -0.617. The standard InChI is InChI=1S/C12H17NO3/c1-3-7-15-12(14)9(2)16-11-6-4-5-10(13)8-11/h4-6,8-9H,3,7,13H2,1-2H3. The Kier molecular flexibility index (Phi) is 4.64. The lowest BCUT2D eigenvalue weighted by molar-refractivity contribution is -0.151. The first-order chi connectivity index (χ1) is 7.63. The minimum Gasteiger partial charge on any atom is -0.479 e. The Hall–Kier alpha value is -1.71. The predicted molar refractivity (Wildman–Crippen MR) is 62.2 cm³/mol. The maximum atomic E-state index is 11.4. The molecule has 0 saturated carbocycles. The van der Waals surface area contributed by atoms with Crippen molar-refractivity contribution in [1.29, 1.82) is 0 Å². The van der Waals surface area contributed by atoms with E-state index < -0.39 is 6.10 Å². The quantitative estimate of drug-likeness (QED) is 0.612. The van der Waals surface area contributed by atoms with E-state index in [1.807, 2.05) is 6.92 Å². The fourth-order valence-electron chi connectivity index (χ4n) is 1.16. The monoisotopic (exact) mass is 223 g/mol. The number of esters is 1. The molecule has 0 heterocycles. The van der Waals surface area contributed by atoms with Crippen LogP contribution >= 0.6 is 0 Å². The zero-order valence-electron chi connectivity index (χ0n) is 9.60. The van der Waals surface area contributed by atoms with Gasteiger partial charge in [0.2, 0.25) is 0 Å². The molecule has 16 heavy (non-hydrogen) atoms. The highest BCUT2D eigenvalue weighted by Gasteiger charge is 2.15. The van der Waals surface area contributed by atoms with Gasteiger partial charge in [-0.3, -0.25) is 0 Å². The number of carbonyl (C=O) groups is 1. The molecule has 0 radical (unpaired) electrons. The maximum absolute atomic E-state index is 11.4. The van der Waals surface area contributed by atoms with Crippen LogP contribution in [-0.4, -0.2) is 18.7 Å². The smallest absolute Gasteiger partial charge is 0.347 e. The Labute approximate surface area is 95.3 Å². The molecule has 1 atom stereocenters. The van der Waals surface area contributed by atoms with Gasteiger partial charge in [-0.25, -0.2) is 4.79 Å². The van der Waals surface area contributed by atoms with E-state index in [0.717, 1.165) is 6.42 Å². The Bertz CT molecular complexity index is 352. The molecule has 0 aliphatic heterocycles. The number of nitrogens with two attached hydrogens (primary N) is 1. The van der Waals surface area contributed by atoms with E-state index in [1.54, 1.807) is 31.2 Å². The van der Waals surface area contributed by atoms with Crippen LogP contribution in [-0.2, 0) is 9.53 Å². The zero-order valence-corrected chi connectivity index (χ0v) is 9.60. The molecule has 4 heteroatoms. The van der Waals surface area contributed by atoms with Crippen LogP contribution in [0.4, 0.5) is 5.69 Å². The molecule has 0 aliphatic carbocycles. The summed E-state index contributed by atoms with van der Waals surface area (Å²) in [5.41, 5.74) is 6.20. The number of hydrogen-bond donors (Lipinski definition) is 1. The summed E-state index contributed by atoms with van der Waals surface area (Å²) >= 11 is 0. The van der Waals surface area contributed by atoms with Crippen molar-refractivity contribution in [2.75, 3.05) is 12.3 Å². The van der Waals surface area contributed by atoms with Crippen LogP contribution in [0.5, 0.6) is 5.75 Å². The molecule has 0 fully saturated rings. The number of rotatable bonds is 5. The molecule has 0 amide bonds. The number of benzene rings is 1. The number of ether oxygens (including phenoxy) is 2.